The van der Waals surface area contributed by atoms with Crippen molar-refractivity contribution in [3.63, 3.8) is 0 Å². The van der Waals surface area contributed by atoms with Crippen LogP contribution in [0.2, 0.25) is 5.02 Å². The van der Waals surface area contributed by atoms with Gasteiger partial charge < -0.3 is 9.30 Å². The predicted molar refractivity (Wildman–Crippen MR) is 96.5 cm³/mol. The summed E-state index contributed by atoms with van der Waals surface area (Å²) in [5, 5.41) is 0.440. The van der Waals surface area contributed by atoms with Gasteiger partial charge in [0.25, 0.3) is 5.56 Å². The SMILES string of the molecule is Cc1cc(OC2CN(S(=O)(=O)Cc3ccccc3Cl)C2)cc(=O)n1C. The minimum absolute atomic E-state index is 0.135. The van der Waals surface area contributed by atoms with E-state index in [9.17, 15) is 13.2 Å². The van der Waals surface area contributed by atoms with Gasteiger partial charge in [-0.25, -0.2) is 8.42 Å². The number of halogens is 1. The van der Waals surface area contributed by atoms with Crippen molar-refractivity contribution in [2.75, 3.05) is 13.1 Å². The van der Waals surface area contributed by atoms with E-state index in [2.05, 4.69) is 0 Å². The van der Waals surface area contributed by atoms with Gasteiger partial charge in [-0.1, -0.05) is 29.8 Å². The molecular formula is C17H19ClN2O4S. The number of rotatable bonds is 5. The molecule has 0 N–H and O–H groups in total. The molecule has 6 nitrogen and oxygen atoms in total. The molecule has 1 aromatic carbocycles. The summed E-state index contributed by atoms with van der Waals surface area (Å²) in [6.45, 7) is 2.34. The van der Waals surface area contributed by atoms with Crippen LogP contribution in [0.4, 0.5) is 0 Å². The number of pyridine rings is 1. The molecule has 1 aromatic heterocycles. The number of aromatic nitrogens is 1. The Morgan fingerprint density at radius 3 is 2.56 bits per heavy atom. The van der Waals surface area contributed by atoms with Crippen molar-refractivity contribution >= 4 is 21.6 Å². The second kappa shape index (κ2) is 6.82. The fraction of sp³-hybridized carbons (Fsp3) is 0.353. The Labute approximate surface area is 151 Å². The molecule has 0 amide bonds. The molecule has 0 spiro atoms. The van der Waals surface area contributed by atoms with Gasteiger partial charge in [-0.05, 0) is 24.6 Å². The van der Waals surface area contributed by atoms with Gasteiger partial charge in [0.05, 0.1) is 18.8 Å². The maximum atomic E-state index is 12.4. The lowest BCUT2D eigenvalue weighted by atomic mass is 10.2. The first-order chi connectivity index (χ1) is 11.8. The highest BCUT2D eigenvalue weighted by atomic mass is 35.5. The summed E-state index contributed by atoms with van der Waals surface area (Å²) >= 11 is 6.04. The van der Waals surface area contributed by atoms with E-state index in [-0.39, 0.29) is 30.5 Å². The van der Waals surface area contributed by atoms with E-state index in [1.165, 1.54) is 14.9 Å². The van der Waals surface area contributed by atoms with Crippen molar-refractivity contribution in [2.45, 2.75) is 18.8 Å². The van der Waals surface area contributed by atoms with Gasteiger partial charge >= 0.3 is 0 Å². The third kappa shape index (κ3) is 3.89. The molecule has 1 aliphatic heterocycles. The zero-order valence-corrected chi connectivity index (χ0v) is 15.5. The lowest BCUT2D eigenvalue weighted by Gasteiger charge is -2.37. The van der Waals surface area contributed by atoms with E-state index in [4.69, 9.17) is 16.3 Å². The predicted octanol–water partition coefficient (Wildman–Crippen LogP) is 1.94. The molecule has 8 heteroatoms. The summed E-state index contributed by atoms with van der Waals surface area (Å²) in [6, 6.07) is 10.1. The van der Waals surface area contributed by atoms with Crippen molar-refractivity contribution in [3.05, 3.63) is 63.0 Å². The Hall–Kier alpha value is -1.83. The van der Waals surface area contributed by atoms with Crippen LogP contribution in [0.1, 0.15) is 11.3 Å². The maximum absolute atomic E-state index is 12.4. The second-order valence-electron chi connectivity index (χ2n) is 6.13. The fourth-order valence-corrected chi connectivity index (χ4v) is 4.50. The number of sulfonamides is 1. The Morgan fingerprint density at radius 2 is 1.92 bits per heavy atom. The standard InChI is InChI=1S/C17H19ClN2O4S/c1-12-7-14(8-17(21)19(12)2)24-15-9-20(10-15)25(22,23)11-13-5-3-4-6-16(13)18/h3-8,15H,9-11H2,1-2H3. The number of ether oxygens (including phenoxy) is 1. The van der Waals surface area contributed by atoms with E-state index >= 15 is 0 Å². The summed E-state index contributed by atoms with van der Waals surface area (Å²) in [6.07, 6.45) is -0.257. The summed E-state index contributed by atoms with van der Waals surface area (Å²) in [5.74, 6) is 0.332. The first-order valence-electron chi connectivity index (χ1n) is 7.82. The van der Waals surface area contributed by atoms with Gasteiger partial charge in [0.2, 0.25) is 10.0 Å². The van der Waals surface area contributed by atoms with Crippen molar-refractivity contribution in [1.29, 1.82) is 0 Å². The molecule has 0 saturated carbocycles. The van der Waals surface area contributed by atoms with Gasteiger partial charge in [0.15, 0.2) is 0 Å². The third-order valence-corrected chi connectivity index (χ3v) is 6.41. The van der Waals surface area contributed by atoms with E-state index < -0.39 is 10.0 Å². The Balaban J connectivity index is 1.62. The van der Waals surface area contributed by atoms with Gasteiger partial charge in [-0.15, -0.1) is 0 Å². The first kappa shape index (κ1) is 18.0. The molecule has 25 heavy (non-hydrogen) atoms. The van der Waals surface area contributed by atoms with E-state index in [1.807, 2.05) is 6.92 Å². The zero-order chi connectivity index (χ0) is 18.2. The molecular weight excluding hydrogens is 364 g/mol. The average Bonchev–Trinajstić information content (AvgIpc) is 2.50. The summed E-state index contributed by atoms with van der Waals surface area (Å²) in [4.78, 5) is 11.8. The van der Waals surface area contributed by atoms with E-state index in [0.717, 1.165) is 5.69 Å². The second-order valence-corrected chi connectivity index (χ2v) is 8.51. The van der Waals surface area contributed by atoms with E-state index in [1.54, 1.807) is 37.4 Å². The molecule has 0 atom stereocenters. The van der Waals surface area contributed by atoms with Crippen LogP contribution >= 0.6 is 11.6 Å². The normalized spacial score (nSPS) is 15.8. The Bertz CT molecular complexity index is 949. The fourth-order valence-electron chi connectivity index (χ4n) is 2.60. The minimum Gasteiger partial charge on any atom is -0.487 e. The lowest BCUT2D eigenvalue weighted by molar-refractivity contribution is 0.0758. The Morgan fingerprint density at radius 1 is 1.24 bits per heavy atom. The number of hydrogen-bond donors (Lipinski definition) is 0. The molecule has 0 radical (unpaired) electrons. The van der Waals surface area contributed by atoms with Crippen molar-refractivity contribution in [3.8, 4) is 5.75 Å². The number of benzene rings is 1. The zero-order valence-electron chi connectivity index (χ0n) is 14.0. The molecule has 1 fully saturated rings. The molecule has 2 heterocycles. The van der Waals surface area contributed by atoms with E-state index in [0.29, 0.717) is 16.3 Å². The molecule has 3 rings (SSSR count). The number of hydrogen-bond acceptors (Lipinski definition) is 4. The highest BCUT2D eigenvalue weighted by Crippen LogP contribution is 2.24. The monoisotopic (exact) mass is 382 g/mol. The quantitative estimate of drug-likeness (QED) is 0.792. The Kier molecular flexibility index (Phi) is 4.90. The topological polar surface area (TPSA) is 68.6 Å². The maximum Gasteiger partial charge on any atom is 0.254 e. The first-order valence-corrected chi connectivity index (χ1v) is 9.80. The summed E-state index contributed by atoms with van der Waals surface area (Å²) in [7, 11) is -1.76. The summed E-state index contributed by atoms with van der Waals surface area (Å²) in [5.41, 5.74) is 1.21. The third-order valence-electron chi connectivity index (χ3n) is 4.28. The van der Waals surface area contributed by atoms with Crippen molar-refractivity contribution < 1.29 is 13.2 Å². The van der Waals surface area contributed by atoms with Gasteiger partial charge in [0.1, 0.15) is 11.9 Å². The van der Waals surface area contributed by atoms with Crippen LogP contribution in [0.15, 0.2) is 41.2 Å². The van der Waals surface area contributed by atoms with Crippen LogP contribution in [0.5, 0.6) is 5.75 Å². The smallest absolute Gasteiger partial charge is 0.254 e. The van der Waals surface area contributed by atoms with Gasteiger partial charge in [-0.2, -0.15) is 4.31 Å². The molecule has 0 aliphatic carbocycles. The molecule has 0 unspecified atom stereocenters. The molecule has 1 aliphatic rings. The minimum atomic E-state index is -3.44. The highest BCUT2D eigenvalue weighted by molar-refractivity contribution is 7.88. The van der Waals surface area contributed by atoms with Crippen molar-refractivity contribution in [2.24, 2.45) is 7.05 Å². The largest absolute Gasteiger partial charge is 0.487 e. The van der Waals surface area contributed by atoms with Crippen LogP contribution in [-0.2, 0) is 22.8 Å². The van der Waals surface area contributed by atoms with Crippen LogP contribution in [-0.4, -0.2) is 36.5 Å². The highest BCUT2D eigenvalue weighted by Gasteiger charge is 2.37. The molecule has 2 aromatic rings. The molecule has 0 bridgehead atoms. The summed E-state index contributed by atoms with van der Waals surface area (Å²) < 4.78 is 33.5. The van der Waals surface area contributed by atoms with Crippen LogP contribution in [0.3, 0.4) is 0 Å². The number of aryl methyl sites for hydroxylation is 1. The van der Waals surface area contributed by atoms with Crippen LogP contribution in [0, 0.1) is 6.92 Å². The van der Waals surface area contributed by atoms with Gasteiger partial charge in [-0.3, -0.25) is 4.79 Å². The average molecular weight is 383 g/mol. The van der Waals surface area contributed by atoms with Gasteiger partial charge in [0, 0.05) is 23.8 Å². The lowest BCUT2D eigenvalue weighted by Crippen LogP contribution is -2.56. The molecule has 134 valence electrons. The number of nitrogens with zero attached hydrogens (tertiary/aromatic N) is 2. The molecule has 1 saturated heterocycles. The van der Waals surface area contributed by atoms with Crippen LogP contribution < -0.4 is 10.3 Å². The van der Waals surface area contributed by atoms with Crippen LogP contribution in [0.25, 0.3) is 0 Å². The van der Waals surface area contributed by atoms with Crippen molar-refractivity contribution in [1.82, 2.24) is 8.87 Å².